The van der Waals surface area contributed by atoms with Gasteiger partial charge in [-0.25, -0.2) is 4.98 Å². The molecule has 0 bridgehead atoms. The molecule has 4 rings (SSSR count). The molecule has 2 aliphatic rings. The Kier molecular flexibility index (Phi) is 13.1. The quantitative estimate of drug-likeness (QED) is 0.138. The van der Waals surface area contributed by atoms with Crippen molar-refractivity contribution in [1.82, 2.24) is 4.98 Å². The van der Waals surface area contributed by atoms with Crippen LogP contribution in [0.5, 0.6) is 0 Å². The van der Waals surface area contributed by atoms with Crippen molar-refractivity contribution in [3.8, 4) is 0 Å². The minimum atomic E-state index is -0.769. The van der Waals surface area contributed by atoms with Crippen molar-refractivity contribution in [3.05, 3.63) is 56.5 Å². The van der Waals surface area contributed by atoms with Gasteiger partial charge in [-0.2, -0.15) is 0 Å². The van der Waals surface area contributed by atoms with E-state index in [4.69, 9.17) is 35.3 Å². The number of aromatic nitrogens is 1. The first-order chi connectivity index (χ1) is 20.1. The van der Waals surface area contributed by atoms with E-state index in [1.165, 1.54) is 0 Å². The van der Waals surface area contributed by atoms with Crippen LogP contribution in [0.15, 0.2) is 30.5 Å². The Morgan fingerprint density at radius 3 is 2.32 bits per heavy atom. The monoisotopic (exact) mass is 605 g/mol. The fourth-order valence-corrected chi connectivity index (χ4v) is 6.19. The second-order valence-corrected chi connectivity index (χ2v) is 12.1. The van der Waals surface area contributed by atoms with Crippen molar-refractivity contribution in [3.63, 3.8) is 0 Å². The number of thiazole rings is 1. The normalized spacial score (nSPS) is 24.3. The predicted molar refractivity (Wildman–Crippen MR) is 163 cm³/mol. The fourth-order valence-electron chi connectivity index (χ4n) is 5.07. The number of halogens is 1. The lowest BCUT2D eigenvalue weighted by Crippen LogP contribution is -2.58. The summed E-state index contributed by atoms with van der Waals surface area (Å²) in [5, 5.41) is 1.61. The van der Waals surface area contributed by atoms with Gasteiger partial charge in [-0.15, -0.1) is 11.3 Å². The topological polar surface area (TPSA) is 76.1 Å². The van der Waals surface area contributed by atoms with Crippen molar-refractivity contribution in [2.24, 2.45) is 0 Å². The van der Waals surface area contributed by atoms with Crippen LogP contribution >= 0.6 is 22.9 Å². The highest BCUT2D eigenvalue weighted by Crippen LogP contribution is 2.39. The smallest absolute Gasteiger partial charge is 0.151 e. The maximum absolute atomic E-state index is 12.4. The van der Waals surface area contributed by atoms with E-state index in [-0.39, 0.29) is 0 Å². The van der Waals surface area contributed by atoms with E-state index in [1.54, 1.807) is 11.3 Å². The summed E-state index contributed by atoms with van der Waals surface area (Å²) < 4.78 is 31.4. The highest BCUT2D eigenvalue weighted by atomic mass is 35.5. The molecular formula is C32H44ClNO6S. The maximum atomic E-state index is 12.4. The van der Waals surface area contributed by atoms with Gasteiger partial charge >= 0.3 is 0 Å². The SMILES string of the molecule is CCCCO[C@@H]1[C@@H](OCCCC)[C@H](c2ccc(Cl)c(Cc3ncc(C4=CCCO4)s3)c2)O[C@H](C=O)[C@H]1OCCCC. The zero-order valence-corrected chi connectivity index (χ0v) is 26.1. The predicted octanol–water partition coefficient (Wildman–Crippen LogP) is 7.34. The molecule has 0 radical (unpaired) electrons. The standard InChI is InChI=1S/C32H44ClNO6S/c1-4-7-14-37-30-26(21-35)40-29(31(38-15-8-5-2)32(30)39-16-9-6-3)22-12-13-24(33)23(18-22)19-28-34-20-27(41-28)25-11-10-17-36-25/h11-13,18,20-21,26,29-32H,4-10,14-17,19H2,1-3H3/t26-,29+,30-,31+,32+/m1/s1. The molecule has 0 spiro atoms. The van der Waals surface area contributed by atoms with Gasteiger partial charge in [0.15, 0.2) is 6.29 Å². The molecule has 1 fully saturated rings. The van der Waals surface area contributed by atoms with Crippen LogP contribution < -0.4 is 0 Å². The molecule has 0 saturated carbocycles. The van der Waals surface area contributed by atoms with E-state index >= 15 is 0 Å². The summed E-state index contributed by atoms with van der Waals surface area (Å²) in [4.78, 5) is 18.0. The molecule has 1 aromatic heterocycles. The molecule has 0 amide bonds. The lowest BCUT2D eigenvalue weighted by atomic mass is 9.89. The largest absolute Gasteiger partial charge is 0.492 e. The van der Waals surface area contributed by atoms with Crippen LogP contribution in [-0.2, 0) is 34.9 Å². The Morgan fingerprint density at radius 1 is 1.00 bits per heavy atom. The molecule has 1 aromatic carbocycles. The fraction of sp³-hybridized carbons (Fsp3) is 0.625. The Labute approximate surface area is 253 Å². The van der Waals surface area contributed by atoms with Crippen molar-refractivity contribution in [2.45, 2.75) is 103 Å². The number of carbonyl (C=O) groups excluding carboxylic acids is 1. The zero-order chi connectivity index (χ0) is 29.0. The first-order valence-electron chi connectivity index (χ1n) is 15.1. The zero-order valence-electron chi connectivity index (χ0n) is 24.5. The first-order valence-corrected chi connectivity index (χ1v) is 16.3. The Bertz CT molecular complexity index is 1120. The Morgan fingerprint density at radius 2 is 1.68 bits per heavy atom. The highest BCUT2D eigenvalue weighted by Gasteiger charge is 2.48. The third-order valence-electron chi connectivity index (χ3n) is 7.37. The number of benzene rings is 1. The molecule has 41 heavy (non-hydrogen) atoms. The molecule has 0 aliphatic carbocycles. The van der Waals surface area contributed by atoms with Crippen molar-refractivity contribution >= 4 is 35.0 Å². The molecule has 0 N–H and O–H groups in total. The van der Waals surface area contributed by atoms with Crippen LogP contribution in [0.1, 0.15) is 92.8 Å². The number of ether oxygens (including phenoxy) is 5. The second-order valence-electron chi connectivity index (χ2n) is 10.6. The number of unbranched alkanes of at least 4 members (excludes halogenated alkanes) is 3. The maximum Gasteiger partial charge on any atom is 0.151 e. The van der Waals surface area contributed by atoms with E-state index in [0.29, 0.717) is 31.3 Å². The number of nitrogens with zero attached hydrogens (tertiary/aromatic N) is 1. The number of hydrogen-bond acceptors (Lipinski definition) is 8. The van der Waals surface area contributed by atoms with Crippen LogP contribution in [0.25, 0.3) is 5.76 Å². The first kappa shape index (κ1) is 32.1. The minimum Gasteiger partial charge on any atom is -0.492 e. The van der Waals surface area contributed by atoms with E-state index in [0.717, 1.165) is 84.6 Å². The van der Waals surface area contributed by atoms with Gasteiger partial charge in [-0.1, -0.05) is 63.8 Å². The summed E-state index contributed by atoms with van der Waals surface area (Å²) >= 11 is 8.30. The molecule has 5 atom stereocenters. The van der Waals surface area contributed by atoms with Gasteiger partial charge in [0.05, 0.1) is 16.5 Å². The van der Waals surface area contributed by atoms with E-state index < -0.39 is 30.5 Å². The van der Waals surface area contributed by atoms with Gasteiger partial charge in [-0.05, 0) is 42.5 Å². The molecule has 0 unspecified atom stereocenters. The molecule has 3 heterocycles. The van der Waals surface area contributed by atoms with E-state index in [9.17, 15) is 4.79 Å². The van der Waals surface area contributed by atoms with Gasteiger partial charge < -0.3 is 28.5 Å². The lowest BCUT2D eigenvalue weighted by molar-refractivity contribution is -0.252. The van der Waals surface area contributed by atoms with Crippen molar-refractivity contribution in [1.29, 1.82) is 0 Å². The summed E-state index contributed by atoms with van der Waals surface area (Å²) in [5.41, 5.74) is 1.84. The summed E-state index contributed by atoms with van der Waals surface area (Å²) in [6.45, 7) is 8.78. The molecule has 1 saturated heterocycles. The van der Waals surface area contributed by atoms with Gasteiger partial charge in [0.1, 0.15) is 36.3 Å². The van der Waals surface area contributed by atoms with Gasteiger partial charge in [0, 0.05) is 43.9 Å². The summed E-state index contributed by atoms with van der Waals surface area (Å²) in [5.74, 6) is 0.904. The average molecular weight is 606 g/mol. The lowest BCUT2D eigenvalue weighted by Gasteiger charge is -2.45. The van der Waals surface area contributed by atoms with Gasteiger partial charge in [0.25, 0.3) is 0 Å². The average Bonchev–Trinajstić information content (AvgIpc) is 3.68. The van der Waals surface area contributed by atoms with Gasteiger partial charge in [-0.3, -0.25) is 0 Å². The number of rotatable bonds is 17. The van der Waals surface area contributed by atoms with Crippen LogP contribution in [-0.4, -0.2) is 62.1 Å². The summed E-state index contributed by atoms with van der Waals surface area (Å²) in [6.07, 6.45) is 9.37. The summed E-state index contributed by atoms with van der Waals surface area (Å²) in [7, 11) is 0. The Hall–Kier alpha value is -1.81. The van der Waals surface area contributed by atoms with Crippen LogP contribution in [0.4, 0.5) is 0 Å². The van der Waals surface area contributed by atoms with E-state index in [1.807, 2.05) is 18.3 Å². The molecule has 7 nitrogen and oxygen atoms in total. The molecule has 226 valence electrons. The highest BCUT2D eigenvalue weighted by molar-refractivity contribution is 7.12. The van der Waals surface area contributed by atoms with Crippen LogP contribution in [0.3, 0.4) is 0 Å². The van der Waals surface area contributed by atoms with Crippen LogP contribution in [0.2, 0.25) is 5.02 Å². The van der Waals surface area contributed by atoms with Crippen LogP contribution in [0, 0.1) is 0 Å². The third-order valence-corrected chi connectivity index (χ3v) is 8.75. The molecule has 2 aromatic rings. The van der Waals surface area contributed by atoms with Crippen molar-refractivity contribution in [2.75, 3.05) is 26.4 Å². The van der Waals surface area contributed by atoms with E-state index in [2.05, 4.69) is 37.9 Å². The molecular weight excluding hydrogens is 562 g/mol. The molecule has 2 aliphatic heterocycles. The number of aldehydes is 1. The third kappa shape index (κ3) is 8.62. The summed E-state index contributed by atoms with van der Waals surface area (Å²) in [6, 6.07) is 5.90. The van der Waals surface area contributed by atoms with Gasteiger partial charge in [0.2, 0.25) is 0 Å². The minimum absolute atomic E-state index is 0.437. The molecule has 9 heteroatoms. The number of carbonyl (C=O) groups is 1. The Balaban J connectivity index is 1.62. The second kappa shape index (κ2) is 16.7. The number of hydrogen-bond donors (Lipinski definition) is 0. The van der Waals surface area contributed by atoms with Crippen molar-refractivity contribution < 1.29 is 28.5 Å².